The zero-order chi connectivity index (χ0) is 22.6. The van der Waals surface area contributed by atoms with Gasteiger partial charge in [0.05, 0.1) is 17.3 Å². The zero-order valence-corrected chi connectivity index (χ0v) is 19.8. The van der Waals surface area contributed by atoms with Gasteiger partial charge in [-0.15, -0.1) is 12.4 Å². The lowest BCUT2D eigenvalue weighted by Crippen LogP contribution is -2.43. The Hall–Kier alpha value is -3.30. The molecule has 3 aromatic rings. The van der Waals surface area contributed by atoms with Crippen LogP contribution in [0.2, 0.25) is 0 Å². The molecule has 0 radical (unpaired) electrons. The molecule has 0 aliphatic carbocycles. The average molecular weight is 465 g/mol. The van der Waals surface area contributed by atoms with Gasteiger partial charge < -0.3 is 14.6 Å². The fourth-order valence-electron chi connectivity index (χ4n) is 4.59. The molecule has 1 aliphatic rings. The first-order valence-corrected chi connectivity index (χ1v) is 11.1. The Kier molecular flexibility index (Phi) is 7.78. The first-order chi connectivity index (χ1) is 15.6. The molecule has 2 heterocycles. The minimum atomic E-state index is -0.537. The van der Waals surface area contributed by atoms with E-state index in [0.29, 0.717) is 23.5 Å². The quantitative estimate of drug-likeness (QED) is 0.531. The van der Waals surface area contributed by atoms with Crippen LogP contribution in [0.1, 0.15) is 55.0 Å². The molecule has 0 spiro atoms. The Bertz CT molecular complexity index is 1140. The molecule has 172 valence electrons. The summed E-state index contributed by atoms with van der Waals surface area (Å²) in [6.45, 7) is 2.88. The van der Waals surface area contributed by atoms with E-state index >= 15 is 0 Å². The van der Waals surface area contributed by atoms with E-state index < -0.39 is 5.41 Å². The Morgan fingerprint density at radius 3 is 2.82 bits per heavy atom. The number of nitrogens with one attached hydrogen (secondary N) is 1. The van der Waals surface area contributed by atoms with E-state index in [1.807, 2.05) is 48.3 Å². The summed E-state index contributed by atoms with van der Waals surface area (Å²) in [5.41, 5.74) is 2.92. The number of carbonyl (C=O) groups excluding carboxylic acids is 1. The minimum Gasteiger partial charge on any atom is -0.456 e. The highest BCUT2D eigenvalue weighted by atomic mass is 35.5. The van der Waals surface area contributed by atoms with Crippen molar-refractivity contribution in [1.82, 2.24) is 14.9 Å². The molecular weight excluding hydrogens is 436 g/mol. The number of amides is 1. The zero-order valence-electron chi connectivity index (χ0n) is 19.0. The van der Waals surface area contributed by atoms with Gasteiger partial charge in [-0.2, -0.15) is 5.26 Å². The van der Waals surface area contributed by atoms with Gasteiger partial charge in [0.1, 0.15) is 17.6 Å². The first kappa shape index (κ1) is 24.3. The molecule has 1 saturated heterocycles. The standard InChI is InChI=1S/C26H28N4O2.ClH/c1-3-26(11-4-5-12-30(2)25(26)31)21-7-6-8-23(15-21)32-24-14-19(9-10-20(24)16-27)13-22-17-28-18-29-22;/h6-10,14-15,17-18H,3-5,11-13H2,1-2H3,(H,28,29);1H. The minimum absolute atomic E-state index is 0. The SMILES string of the molecule is CCC1(c2cccc(Oc3cc(Cc4cnc[nH]4)ccc3C#N)c2)CCCCN(C)C1=O.Cl. The lowest BCUT2D eigenvalue weighted by Gasteiger charge is -2.33. The number of likely N-dealkylation sites (N-methyl/N-ethyl adjacent to an activating group) is 1. The maximum Gasteiger partial charge on any atom is 0.232 e. The van der Waals surface area contributed by atoms with Crippen LogP contribution in [-0.4, -0.2) is 34.4 Å². The number of H-pyrrole nitrogens is 1. The summed E-state index contributed by atoms with van der Waals surface area (Å²) in [4.78, 5) is 22.3. The summed E-state index contributed by atoms with van der Waals surface area (Å²) in [5, 5.41) is 9.58. The predicted octanol–water partition coefficient (Wildman–Crippen LogP) is 5.38. The Labute approximate surface area is 201 Å². The molecule has 7 heteroatoms. The highest BCUT2D eigenvalue weighted by Gasteiger charge is 2.41. The smallest absolute Gasteiger partial charge is 0.232 e. The van der Waals surface area contributed by atoms with Crippen molar-refractivity contribution in [2.75, 3.05) is 13.6 Å². The molecule has 1 N–H and O–H groups in total. The molecule has 1 fully saturated rings. The first-order valence-electron chi connectivity index (χ1n) is 11.1. The summed E-state index contributed by atoms with van der Waals surface area (Å²) in [7, 11) is 1.89. The van der Waals surface area contributed by atoms with Crippen molar-refractivity contribution < 1.29 is 9.53 Å². The van der Waals surface area contributed by atoms with Crippen molar-refractivity contribution in [3.63, 3.8) is 0 Å². The third kappa shape index (κ3) is 5.04. The number of carbonyl (C=O) groups is 1. The monoisotopic (exact) mass is 464 g/mol. The van der Waals surface area contributed by atoms with E-state index in [0.717, 1.165) is 49.0 Å². The van der Waals surface area contributed by atoms with E-state index in [2.05, 4.69) is 23.0 Å². The number of aromatic amines is 1. The number of ether oxygens (including phenoxy) is 1. The van der Waals surface area contributed by atoms with Gasteiger partial charge in [0.2, 0.25) is 5.91 Å². The van der Waals surface area contributed by atoms with Crippen LogP contribution in [0.15, 0.2) is 55.0 Å². The van der Waals surface area contributed by atoms with Gasteiger partial charge in [-0.1, -0.05) is 31.5 Å². The fourth-order valence-corrected chi connectivity index (χ4v) is 4.59. The van der Waals surface area contributed by atoms with Crippen LogP contribution in [0, 0.1) is 11.3 Å². The number of rotatable bonds is 6. The molecule has 1 unspecified atom stereocenters. The number of halogens is 1. The molecule has 0 saturated carbocycles. The van der Waals surface area contributed by atoms with Gasteiger partial charge in [0.25, 0.3) is 0 Å². The summed E-state index contributed by atoms with van der Waals surface area (Å²) in [6, 6.07) is 15.6. The second kappa shape index (κ2) is 10.5. The largest absolute Gasteiger partial charge is 0.456 e. The topological polar surface area (TPSA) is 82.0 Å². The van der Waals surface area contributed by atoms with Gasteiger partial charge in [-0.05, 0) is 54.7 Å². The number of imidazole rings is 1. The van der Waals surface area contributed by atoms with E-state index in [1.54, 1.807) is 18.6 Å². The molecule has 1 aromatic heterocycles. The van der Waals surface area contributed by atoms with Crippen LogP contribution < -0.4 is 4.74 Å². The molecule has 4 rings (SSSR count). The van der Waals surface area contributed by atoms with E-state index in [4.69, 9.17) is 4.74 Å². The summed E-state index contributed by atoms with van der Waals surface area (Å²) in [5.74, 6) is 1.32. The lowest BCUT2D eigenvalue weighted by atomic mass is 9.73. The van der Waals surface area contributed by atoms with Gasteiger partial charge in [-0.25, -0.2) is 4.98 Å². The van der Waals surface area contributed by atoms with Crippen LogP contribution in [0.3, 0.4) is 0 Å². The van der Waals surface area contributed by atoms with Gasteiger partial charge in [0.15, 0.2) is 0 Å². The van der Waals surface area contributed by atoms with Gasteiger partial charge >= 0.3 is 0 Å². The highest BCUT2D eigenvalue weighted by molar-refractivity contribution is 5.88. The second-order valence-electron chi connectivity index (χ2n) is 8.45. The molecular formula is C26H29ClN4O2. The van der Waals surface area contributed by atoms with Crippen molar-refractivity contribution in [3.05, 3.63) is 77.4 Å². The third-order valence-electron chi connectivity index (χ3n) is 6.44. The van der Waals surface area contributed by atoms with Crippen molar-refractivity contribution in [3.8, 4) is 17.6 Å². The summed E-state index contributed by atoms with van der Waals surface area (Å²) >= 11 is 0. The van der Waals surface area contributed by atoms with E-state index in [1.165, 1.54) is 0 Å². The molecule has 1 aliphatic heterocycles. The Balaban J connectivity index is 0.00000306. The maximum absolute atomic E-state index is 13.3. The maximum atomic E-state index is 13.3. The number of nitriles is 1. The number of nitrogens with zero attached hydrogens (tertiary/aromatic N) is 3. The van der Waals surface area contributed by atoms with Crippen LogP contribution in [0.4, 0.5) is 0 Å². The average Bonchev–Trinajstić information content (AvgIpc) is 3.27. The molecule has 2 aromatic carbocycles. The fraction of sp³-hybridized carbons (Fsp3) is 0.346. The van der Waals surface area contributed by atoms with Crippen molar-refractivity contribution in [2.24, 2.45) is 0 Å². The number of hydrogen-bond donors (Lipinski definition) is 1. The number of likely N-dealkylation sites (tertiary alicyclic amines) is 1. The van der Waals surface area contributed by atoms with Gasteiger partial charge in [-0.3, -0.25) is 4.79 Å². The number of benzene rings is 2. The van der Waals surface area contributed by atoms with Gasteiger partial charge in [0, 0.05) is 31.9 Å². The van der Waals surface area contributed by atoms with E-state index in [9.17, 15) is 10.1 Å². The Morgan fingerprint density at radius 1 is 1.24 bits per heavy atom. The van der Waals surface area contributed by atoms with Crippen molar-refractivity contribution in [1.29, 1.82) is 5.26 Å². The van der Waals surface area contributed by atoms with E-state index in [-0.39, 0.29) is 18.3 Å². The molecule has 6 nitrogen and oxygen atoms in total. The summed E-state index contributed by atoms with van der Waals surface area (Å²) in [6.07, 6.45) is 7.72. The molecule has 1 atom stereocenters. The van der Waals surface area contributed by atoms with Crippen LogP contribution in [-0.2, 0) is 16.6 Å². The highest BCUT2D eigenvalue weighted by Crippen LogP contribution is 2.39. The van der Waals surface area contributed by atoms with Crippen LogP contribution in [0.25, 0.3) is 0 Å². The normalized spacial score (nSPS) is 18.2. The van der Waals surface area contributed by atoms with Crippen molar-refractivity contribution in [2.45, 2.75) is 44.4 Å². The number of hydrogen-bond acceptors (Lipinski definition) is 4. The third-order valence-corrected chi connectivity index (χ3v) is 6.44. The number of aromatic nitrogens is 2. The molecule has 1 amide bonds. The van der Waals surface area contributed by atoms with Crippen molar-refractivity contribution >= 4 is 18.3 Å². The van der Waals surface area contributed by atoms with Crippen LogP contribution >= 0.6 is 12.4 Å². The molecule has 0 bridgehead atoms. The lowest BCUT2D eigenvalue weighted by molar-refractivity contribution is -0.135. The Morgan fingerprint density at radius 2 is 2.09 bits per heavy atom. The predicted molar refractivity (Wildman–Crippen MR) is 130 cm³/mol. The summed E-state index contributed by atoms with van der Waals surface area (Å²) < 4.78 is 6.20. The van der Waals surface area contributed by atoms with Crippen LogP contribution in [0.5, 0.6) is 11.5 Å². The molecule has 33 heavy (non-hydrogen) atoms. The second-order valence-corrected chi connectivity index (χ2v) is 8.45.